The van der Waals surface area contributed by atoms with E-state index in [4.69, 9.17) is 23.2 Å². The molecule has 2 aromatic carbocycles. The molecule has 0 bridgehead atoms. The molecule has 2 atom stereocenters. The third-order valence-electron chi connectivity index (χ3n) is 6.07. The zero-order valence-corrected chi connectivity index (χ0v) is 19.8. The Morgan fingerprint density at radius 2 is 1.84 bits per heavy atom. The van der Waals surface area contributed by atoms with Crippen molar-refractivity contribution in [3.63, 3.8) is 0 Å². The van der Waals surface area contributed by atoms with Crippen molar-refractivity contribution in [2.45, 2.75) is 45.7 Å². The van der Waals surface area contributed by atoms with E-state index in [1.807, 2.05) is 36.4 Å². The predicted octanol–water partition coefficient (Wildman–Crippen LogP) is 4.87. The number of carbonyl (C=O) groups is 2. The second-order valence-corrected chi connectivity index (χ2v) is 9.34. The highest BCUT2D eigenvalue weighted by Gasteiger charge is 2.52. The molecule has 0 saturated carbocycles. The minimum absolute atomic E-state index is 0.0697. The Morgan fingerprint density at radius 3 is 2.48 bits per heavy atom. The van der Waals surface area contributed by atoms with Gasteiger partial charge in [0.05, 0.1) is 0 Å². The lowest BCUT2D eigenvalue weighted by Crippen LogP contribution is -2.58. The molecule has 0 aromatic heterocycles. The van der Waals surface area contributed by atoms with Gasteiger partial charge in [0.2, 0.25) is 11.8 Å². The molecular weight excluding hydrogens is 433 g/mol. The van der Waals surface area contributed by atoms with E-state index in [0.29, 0.717) is 29.6 Å². The standard InChI is InChI=1S/C24H29Cl2N3O2/c1-15(2)16(3)29(11-10-27-17(4)30)24(14-18-6-5-7-19(25)12-18)21-9-8-20(26)13-22(21)28-23(24)31/h5-9,12-13,15-16H,10-11,14H2,1-4H3,(H,27,30)(H,28,31). The maximum Gasteiger partial charge on any atom is 0.249 e. The van der Waals surface area contributed by atoms with Gasteiger partial charge < -0.3 is 10.6 Å². The Hall–Kier alpha value is -2.08. The maximum atomic E-state index is 13.7. The molecule has 1 aliphatic heterocycles. The van der Waals surface area contributed by atoms with Gasteiger partial charge in [-0.15, -0.1) is 0 Å². The maximum absolute atomic E-state index is 13.7. The summed E-state index contributed by atoms with van der Waals surface area (Å²) in [6.45, 7) is 8.86. The molecule has 1 aliphatic rings. The molecule has 5 nitrogen and oxygen atoms in total. The van der Waals surface area contributed by atoms with Crippen LogP contribution < -0.4 is 10.6 Å². The van der Waals surface area contributed by atoms with Crippen molar-refractivity contribution in [3.8, 4) is 0 Å². The Bertz CT molecular complexity index is 979. The van der Waals surface area contributed by atoms with Gasteiger partial charge in [-0.1, -0.05) is 55.2 Å². The second kappa shape index (κ2) is 9.60. The number of halogens is 2. The molecule has 7 heteroatoms. The number of benzene rings is 2. The van der Waals surface area contributed by atoms with Crippen LogP contribution in [0.5, 0.6) is 0 Å². The number of hydrogen-bond acceptors (Lipinski definition) is 3. The number of amides is 2. The summed E-state index contributed by atoms with van der Waals surface area (Å²) >= 11 is 12.5. The Labute approximate surface area is 194 Å². The van der Waals surface area contributed by atoms with Gasteiger partial charge in [0.15, 0.2) is 0 Å². The minimum atomic E-state index is -0.952. The predicted molar refractivity (Wildman–Crippen MR) is 127 cm³/mol. The number of anilines is 1. The van der Waals surface area contributed by atoms with E-state index >= 15 is 0 Å². The average molecular weight is 462 g/mol. The molecule has 0 radical (unpaired) electrons. The normalized spacial score (nSPS) is 18.8. The zero-order chi connectivity index (χ0) is 22.8. The summed E-state index contributed by atoms with van der Waals surface area (Å²) < 4.78 is 0. The molecule has 3 rings (SSSR count). The second-order valence-electron chi connectivity index (χ2n) is 8.47. The quantitative estimate of drug-likeness (QED) is 0.589. The fourth-order valence-corrected chi connectivity index (χ4v) is 4.67. The van der Waals surface area contributed by atoms with Crippen molar-refractivity contribution in [3.05, 3.63) is 63.6 Å². The van der Waals surface area contributed by atoms with E-state index in [1.54, 1.807) is 6.07 Å². The zero-order valence-electron chi connectivity index (χ0n) is 18.3. The van der Waals surface area contributed by atoms with E-state index in [9.17, 15) is 9.59 Å². The number of nitrogens with zero attached hydrogens (tertiary/aromatic N) is 1. The Balaban J connectivity index is 2.16. The molecule has 2 aromatic rings. The number of hydrogen-bond donors (Lipinski definition) is 2. The summed E-state index contributed by atoms with van der Waals surface area (Å²) in [6, 6.07) is 13.2. The van der Waals surface area contributed by atoms with Crippen LogP contribution in [-0.4, -0.2) is 35.8 Å². The molecule has 0 aliphatic carbocycles. The van der Waals surface area contributed by atoms with Gasteiger partial charge in [0.25, 0.3) is 0 Å². The summed E-state index contributed by atoms with van der Waals surface area (Å²) in [5.74, 6) is 0.0990. The lowest BCUT2D eigenvalue weighted by atomic mass is 9.81. The van der Waals surface area contributed by atoms with Crippen LogP contribution in [-0.2, 0) is 21.5 Å². The van der Waals surface area contributed by atoms with Crippen molar-refractivity contribution in [1.82, 2.24) is 10.2 Å². The monoisotopic (exact) mass is 461 g/mol. The van der Waals surface area contributed by atoms with Gasteiger partial charge in [-0.05, 0) is 42.7 Å². The summed E-state index contributed by atoms with van der Waals surface area (Å²) in [5, 5.41) is 7.13. The third-order valence-corrected chi connectivity index (χ3v) is 6.54. The number of carbonyl (C=O) groups excluding carboxylic acids is 2. The smallest absolute Gasteiger partial charge is 0.249 e. The Kier molecular flexibility index (Phi) is 7.30. The highest BCUT2D eigenvalue weighted by molar-refractivity contribution is 6.31. The minimum Gasteiger partial charge on any atom is -0.355 e. The van der Waals surface area contributed by atoms with Crippen LogP contribution >= 0.6 is 23.2 Å². The first-order valence-electron chi connectivity index (χ1n) is 10.5. The van der Waals surface area contributed by atoms with Gasteiger partial charge >= 0.3 is 0 Å². The van der Waals surface area contributed by atoms with Gasteiger partial charge in [0.1, 0.15) is 5.54 Å². The number of nitrogens with one attached hydrogen (secondary N) is 2. The van der Waals surface area contributed by atoms with Gasteiger partial charge in [-0.3, -0.25) is 14.5 Å². The van der Waals surface area contributed by atoms with E-state index in [1.165, 1.54) is 6.92 Å². The highest BCUT2D eigenvalue weighted by Crippen LogP contribution is 2.45. The van der Waals surface area contributed by atoms with Crippen molar-refractivity contribution in [2.75, 3.05) is 18.4 Å². The Morgan fingerprint density at radius 1 is 1.13 bits per heavy atom. The fourth-order valence-electron chi connectivity index (χ4n) is 4.29. The van der Waals surface area contributed by atoms with E-state index in [-0.39, 0.29) is 23.8 Å². The highest BCUT2D eigenvalue weighted by atomic mass is 35.5. The van der Waals surface area contributed by atoms with Crippen LogP contribution in [0.2, 0.25) is 10.0 Å². The third kappa shape index (κ3) is 4.89. The summed E-state index contributed by atoms with van der Waals surface area (Å²) in [7, 11) is 0. The number of fused-ring (bicyclic) bond motifs is 1. The lowest BCUT2D eigenvalue weighted by molar-refractivity contribution is -0.130. The van der Waals surface area contributed by atoms with E-state index in [2.05, 4.69) is 36.3 Å². The molecule has 2 amide bonds. The SMILES string of the molecule is CC(=O)NCCN(C(C)C(C)C)C1(Cc2cccc(Cl)c2)C(=O)Nc2cc(Cl)ccc21. The van der Waals surface area contributed by atoms with Crippen molar-refractivity contribution >= 4 is 40.7 Å². The molecule has 0 spiro atoms. The van der Waals surface area contributed by atoms with Crippen molar-refractivity contribution < 1.29 is 9.59 Å². The fraction of sp³-hybridized carbons (Fsp3) is 0.417. The largest absolute Gasteiger partial charge is 0.355 e. The van der Waals surface area contributed by atoms with Crippen LogP contribution in [0.4, 0.5) is 5.69 Å². The lowest BCUT2D eigenvalue weighted by Gasteiger charge is -2.45. The van der Waals surface area contributed by atoms with Gasteiger partial charge in [-0.2, -0.15) is 0 Å². The molecule has 0 saturated heterocycles. The van der Waals surface area contributed by atoms with Gasteiger partial charge in [-0.25, -0.2) is 0 Å². The molecule has 166 valence electrons. The van der Waals surface area contributed by atoms with Crippen LogP contribution in [0.3, 0.4) is 0 Å². The van der Waals surface area contributed by atoms with E-state index in [0.717, 1.165) is 16.8 Å². The average Bonchev–Trinajstić information content (AvgIpc) is 2.95. The first-order chi connectivity index (χ1) is 14.6. The molecule has 31 heavy (non-hydrogen) atoms. The van der Waals surface area contributed by atoms with Crippen molar-refractivity contribution in [2.24, 2.45) is 5.92 Å². The van der Waals surface area contributed by atoms with Crippen molar-refractivity contribution in [1.29, 1.82) is 0 Å². The summed E-state index contributed by atoms with van der Waals surface area (Å²) in [5.41, 5.74) is 1.62. The van der Waals surface area contributed by atoms with Crippen LogP contribution in [0.1, 0.15) is 38.8 Å². The van der Waals surface area contributed by atoms with E-state index < -0.39 is 5.54 Å². The van der Waals surface area contributed by atoms with Gasteiger partial charge in [0, 0.05) is 53.8 Å². The summed E-state index contributed by atoms with van der Waals surface area (Å²) in [6.07, 6.45) is 0.450. The van der Waals surface area contributed by atoms with Crippen LogP contribution in [0.15, 0.2) is 42.5 Å². The molecule has 2 unspecified atom stereocenters. The molecule has 2 N–H and O–H groups in total. The molecule has 0 fully saturated rings. The number of rotatable bonds is 8. The molecule has 1 heterocycles. The summed E-state index contributed by atoms with van der Waals surface area (Å²) in [4.78, 5) is 27.4. The van der Waals surface area contributed by atoms with Crippen LogP contribution in [0, 0.1) is 5.92 Å². The topological polar surface area (TPSA) is 61.4 Å². The van der Waals surface area contributed by atoms with Crippen LogP contribution in [0.25, 0.3) is 0 Å². The molecular formula is C24H29Cl2N3O2. The first kappa shape index (κ1) is 23.6. The first-order valence-corrected chi connectivity index (χ1v) is 11.3.